The Morgan fingerprint density at radius 1 is 0.950 bits per heavy atom. The number of aliphatic hydroxyl groups is 4. The Hall–Kier alpha value is 0.900. The van der Waals surface area contributed by atoms with Crippen LogP contribution in [0.5, 0.6) is 0 Å². The monoisotopic (exact) mass is 372 g/mol. The van der Waals surface area contributed by atoms with Gasteiger partial charge >= 0.3 is 13.4 Å². The molecule has 0 saturated carbocycles. The van der Waals surface area contributed by atoms with Gasteiger partial charge in [-0.1, -0.05) is 0 Å². The summed E-state index contributed by atoms with van der Waals surface area (Å²) >= 11 is 8.54. The van der Waals surface area contributed by atoms with E-state index in [1.807, 2.05) is 0 Å². The zero-order valence-corrected chi connectivity index (χ0v) is 13.1. The molecule has 0 aromatic rings. The molecule has 0 amide bonds. The minimum Gasteiger partial charge on any atom is -0.387 e. The summed E-state index contributed by atoms with van der Waals surface area (Å²) < 4.78 is 13.6. The van der Waals surface area contributed by atoms with Crippen molar-refractivity contribution < 1.29 is 48.7 Å². The Morgan fingerprint density at radius 3 is 2.00 bits per heavy atom. The summed E-state index contributed by atoms with van der Waals surface area (Å²) in [6.07, 6.45) is -8.16. The van der Waals surface area contributed by atoms with Crippen LogP contribution in [-0.2, 0) is 37.2 Å². The first kappa shape index (κ1) is 18.9. The first-order valence-electron chi connectivity index (χ1n) is 5.05. The van der Waals surface area contributed by atoms with E-state index in [1.165, 1.54) is 0 Å². The first-order chi connectivity index (χ1) is 8.93. The highest BCUT2D eigenvalue weighted by atomic mass is 32.5. The standard InChI is InChI=1S/C6H14O10P2S2/c7-3-2(15-6(10)5(9)4(3)8)1-14-18(13,20)16-17(11,12)19/h2-10H,1H2,(H,13,20)(H2,11,12,19)/t2-,3+,4+,5-,6-,18?/m1/s1. The van der Waals surface area contributed by atoms with E-state index in [0.717, 1.165) is 0 Å². The summed E-state index contributed by atoms with van der Waals surface area (Å²) in [6, 6.07) is 0. The number of ether oxygens (including phenoxy) is 1. The third-order valence-corrected chi connectivity index (χ3v) is 5.97. The summed E-state index contributed by atoms with van der Waals surface area (Å²) in [5, 5.41) is 37.5. The van der Waals surface area contributed by atoms with Crippen molar-refractivity contribution in [1.29, 1.82) is 0 Å². The predicted octanol–water partition coefficient (Wildman–Crippen LogP) is -2.75. The highest BCUT2D eigenvalue weighted by Crippen LogP contribution is 2.58. The van der Waals surface area contributed by atoms with E-state index < -0.39 is 50.7 Å². The molecule has 1 saturated heterocycles. The molecule has 0 aliphatic carbocycles. The van der Waals surface area contributed by atoms with Gasteiger partial charge in [0.15, 0.2) is 6.29 Å². The van der Waals surface area contributed by atoms with Crippen LogP contribution in [0.1, 0.15) is 0 Å². The Labute approximate surface area is 123 Å². The molecule has 1 rings (SSSR count). The quantitative estimate of drug-likeness (QED) is 0.249. The Balaban J connectivity index is 2.61. The maximum absolute atomic E-state index is 9.57. The van der Waals surface area contributed by atoms with Crippen LogP contribution in [0.15, 0.2) is 0 Å². The minimum atomic E-state index is -4.25. The van der Waals surface area contributed by atoms with Crippen molar-refractivity contribution >= 4 is 37.1 Å². The lowest BCUT2D eigenvalue weighted by Gasteiger charge is -2.38. The van der Waals surface area contributed by atoms with Gasteiger partial charge in [0.25, 0.3) is 0 Å². The van der Waals surface area contributed by atoms with Crippen molar-refractivity contribution in [3.63, 3.8) is 0 Å². The van der Waals surface area contributed by atoms with E-state index in [1.54, 1.807) is 0 Å². The molecule has 1 aliphatic rings. The van der Waals surface area contributed by atoms with Gasteiger partial charge in [-0.15, -0.1) is 0 Å². The zero-order valence-electron chi connectivity index (χ0n) is 9.66. The normalized spacial score (nSPS) is 38.5. The van der Waals surface area contributed by atoms with Gasteiger partial charge in [0.1, 0.15) is 24.4 Å². The fourth-order valence-corrected chi connectivity index (χ4v) is 5.21. The third-order valence-electron chi connectivity index (χ3n) is 2.30. The maximum atomic E-state index is 9.57. The molecule has 20 heavy (non-hydrogen) atoms. The van der Waals surface area contributed by atoms with Gasteiger partial charge in [0.05, 0.1) is 6.61 Å². The number of hydrogen-bond donors (Lipinski definition) is 7. The molecule has 14 heteroatoms. The number of rotatable bonds is 5. The van der Waals surface area contributed by atoms with Gasteiger partial charge < -0.3 is 44.4 Å². The van der Waals surface area contributed by atoms with Crippen molar-refractivity contribution in [1.82, 2.24) is 0 Å². The Morgan fingerprint density at radius 2 is 1.50 bits per heavy atom. The predicted molar refractivity (Wildman–Crippen MR) is 71.2 cm³/mol. The highest BCUT2D eigenvalue weighted by molar-refractivity contribution is 8.14. The smallest absolute Gasteiger partial charge is 0.331 e. The topological polar surface area (TPSA) is 169 Å². The molecule has 0 radical (unpaired) electrons. The molecule has 1 aliphatic heterocycles. The lowest BCUT2D eigenvalue weighted by molar-refractivity contribution is -0.285. The summed E-state index contributed by atoms with van der Waals surface area (Å²) in [5.41, 5.74) is 0. The fourth-order valence-electron chi connectivity index (χ4n) is 1.39. The van der Waals surface area contributed by atoms with E-state index in [4.69, 9.17) is 14.5 Å². The van der Waals surface area contributed by atoms with Crippen molar-refractivity contribution in [2.24, 2.45) is 0 Å². The highest BCUT2D eigenvalue weighted by Gasteiger charge is 2.43. The average molecular weight is 372 g/mol. The van der Waals surface area contributed by atoms with Crippen molar-refractivity contribution in [2.45, 2.75) is 30.7 Å². The molecule has 1 heterocycles. The number of hydrogen-bond acceptors (Lipinski definition) is 9. The number of aliphatic hydroxyl groups excluding tert-OH is 4. The van der Waals surface area contributed by atoms with Crippen molar-refractivity contribution in [3.05, 3.63) is 0 Å². The maximum Gasteiger partial charge on any atom is 0.331 e. The van der Waals surface area contributed by atoms with E-state index in [9.17, 15) is 25.3 Å². The van der Waals surface area contributed by atoms with Gasteiger partial charge in [0.2, 0.25) is 0 Å². The van der Waals surface area contributed by atoms with E-state index in [-0.39, 0.29) is 0 Å². The summed E-state index contributed by atoms with van der Waals surface area (Å²) in [6.45, 7) is -8.99. The van der Waals surface area contributed by atoms with Crippen LogP contribution in [-0.4, -0.2) is 72.4 Å². The lowest BCUT2D eigenvalue weighted by Crippen LogP contribution is -2.58. The Kier molecular flexibility index (Phi) is 6.62. The van der Waals surface area contributed by atoms with Gasteiger partial charge in [-0.05, 0) is 23.6 Å². The van der Waals surface area contributed by atoms with Crippen LogP contribution in [0.4, 0.5) is 0 Å². The van der Waals surface area contributed by atoms with Crippen LogP contribution < -0.4 is 0 Å². The van der Waals surface area contributed by atoms with Crippen LogP contribution in [0, 0.1) is 0 Å². The van der Waals surface area contributed by atoms with E-state index in [0.29, 0.717) is 0 Å². The lowest BCUT2D eigenvalue weighted by atomic mass is 10.00. The Bertz CT molecular complexity index is 428. The molecule has 0 aromatic heterocycles. The minimum absolute atomic E-state index is 0.648. The molecule has 10 nitrogen and oxygen atoms in total. The summed E-state index contributed by atoms with van der Waals surface area (Å²) in [7, 11) is 0. The second-order valence-electron chi connectivity index (χ2n) is 3.87. The summed E-state index contributed by atoms with van der Waals surface area (Å²) in [5.74, 6) is 0. The second kappa shape index (κ2) is 6.99. The van der Waals surface area contributed by atoms with Gasteiger partial charge in [0, 0.05) is 0 Å². The third kappa shape index (κ3) is 5.59. The van der Waals surface area contributed by atoms with Crippen molar-refractivity contribution in [2.75, 3.05) is 6.61 Å². The average Bonchev–Trinajstić information content (AvgIpc) is 2.26. The largest absolute Gasteiger partial charge is 0.387 e. The van der Waals surface area contributed by atoms with Gasteiger partial charge in [-0.2, -0.15) is 0 Å². The molecular weight excluding hydrogens is 358 g/mol. The van der Waals surface area contributed by atoms with Crippen LogP contribution in [0.2, 0.25) is 0 Å². The molecule has 0 aromatic carbocycles. The second-order valence-corrected chi connectivity index (χ2v) is 9.51. The first-order valence-corrected chi connectivity index (χ1v) is 10.3. The molecule has 1 unspecified atom stereocenters. The molecule has 0 bridgehead atoms. The molecular formula is C6H14O10P2S2. The zero-order chi connectivity index (χ0) is 15.7. The van der Waals surface area contributed by atoms with Gasteiger partial charge in [-0.25, -0.2) is 4.31 Å². The molecule has 0 spiro atoms. The molecule has 1 fully saturated rings. The molecule has 7 N–H and O–H groups in total. The molecule has 6 atom stereocenters. The molecule has 120 valence electrons. The fraction of sp³-hybridized carbons (Fsp3) is 1.00. The van der Waals surface area contributed by atoms with Crippen molar-refractivity contribution in [3.8, 4) is 0 Å². The van der Waals surface area contributed by atoms with Gasteiger partial charge in [-0.3, -0.25) is 0 Å². The van der Waals surface area contributed by atoms with E-state index in [2.05, 4.69) is 32.4 Å². The van der Waals surface area contributed by atoms with Crippen LogP contribution in [0.3, 0.4) is 0 Å². The van der Waals surface area contributed by atoms with Crippen LogP contribution in [0.25, 0.3) is 0 Å². The van der Waals surface area contributed by atoms with Crippen LogP contribution >= 0.6 is 13.4 Å². The SMILES string of the molecule is O[C@@H]1[C@@H](O)[C@H](O)O[C@H](COP(O)(=S)OP(O)(O)=S)[C@@H]1O. The van der Waals surface area contributed by atoms with E-state index >= 15 is 0 Å². The summed E-state index contributed by atoms with van der Waals surface area (Å²) in [4.78, 5) is 27.2.